The first-order valence-corrected chi connectivity index (χ1v) is 10.3. The van der Waals surface area contributed by atoms with Gasteiger partial charge in [-0.05, 0) is 29.3 Å². The number of benzene rings is 1. The fourth-order valence-electron chi connectivity index (χ4n) is 3.75. The van der Waals surface area contributed by atoms with Crippen molar-refractivity contribution in [2.45, 2.75) is 23.5 Å². The van der Waals surface area contributed by atoms with Crippen molar-refractivity contribution in [1.82, 2.24) is 25.4 Å². The summed E-state index contributed by atoms with van der Waals surface area (Å²) >= 11 is 1.58. The van der Waals surface area contributed by atoms with Gasteiger partial charge in [-0.1, -0.05) is 18.2 Å². The van der Waals surface area contributed by atoms with E-state index in [1.807, 2.05) is 18.2 Å². The van der Waals surface area contributed by atoms with Gasteiger partial charge < -0.3 is 4.90 Å². The summed E-state index contributed by atoms with van der Waals surface area (Å²) in [6, 6.07) is 9.79. The van der Waals surface area contributed by atoms with Gasteiger partial charge in [0, 0.05) is 32.2 Å². The Bertz CT molecular complexity index is 915. The zero-order valence-corrected chi connectivity index (χ0v) is 16.9. The molecule has 1 aromatic heterocycles. The van der Waals surface area contributed by atoms with E-state index in [0.717, 1.165) is 10.5 Å². The number of halogens is 1. The van der Waals surface area contributed by atoms with Crippen molar-refractivity contribution in [2.75, 3.05) is 14.1 Å². The first-order chi connectivity index (χ1) is 14.0. The summed E-state index contributed by atoms with van der Waals surface area (Å²) in [5, 5.41) is 6.47. The van der Waals surface area contributed by atoms with Gasteiger partial charge in [0.05, 0.1) is 23.6 Å². The third-order valence-electron chi connectivity index (χ3n) is 5.29. The molecular weight excluding hydrogens is 393 g/mol. The number of carbonyl (C=O) groups excluding carboxylic acids is 2. The maximum atomic E-state index is 13.8. The fourth-order valence-corrected chi connectivity index (χ4v) is 4.99. The Kier molecular flexibility index (Phi) is 5.53. The highest BCUT2D eigenvalue weighted by Gasteiger charge is 2.51. The van der Waals surface area contributed by atoms with Crippen molar-refractivity contribution in [3.63, 3.8) is 0 Å². The summed E-state index contributed by atoms with van der Waals surface area (Å²) in [6.07, 6.45) is 2.62. The fraction of sp³-hybridized carbons (Fsp3) is 0.350. The van der Waals surface area contributed by atoms with E-state index >= 15 is 0 Å². The number of urea groups is 1. The van der Waals surface area contributed by atoms with Gasteiger partial charge in [0.1, 0.15) is 5.82 Å². The van der Waals surface area contributed by atoms with Gasteiger partial charge in [0.25, 0.3) is 0 Å². The van der Waals surface area contributed by atoms with Crippen LogP contribution in [0.4, 0.5) is 9.18 Å². The number of fused-ring (bicyclic) bond motifs is 1. The van der Waals surface area contributed by atoms with Crippen LogP contribution in [0.15, 0.2) is 48.8 Å². The molecule has 2 saturated heterocycles. The van der Waals surface area contributed by atoms with E-state index in [1.165, 1.54) is 24.1 Å². The Morgan fingerprint density at radius 1 is 1.17 bits per heavy atom. The van der Waals surface area contributed by atoms with Crippen LogP contribution >= 0.6 is 11.8 Å². The zero-order valence-electron chi connectivity index (χ0n) is 16.1. The third kappa shape index (κ3) is 3.85. The molecule has 4 unspecified atom stereocenters. The highest BCUT2D eigenvalue weighted by atomic mass is 32.2. The molecule has 0 aliphatic carbocycles. The molecule has 2 aromatic rings. The molecule has 2 N–H and O–H groups in total. The number of hydrogen-bond donors (Lipinski definition) is 2. The van der Waals surface area contributed by atoms with Crippen molar-refractivity contribution in [3.05, 3.63) is 65.7 Å². The van der Waals surface area contributed by atoms with Crippen molar-refractivity contribution in [3.8, 4) is 0 Å². The number of nitrogens with zero attached hydrogens (tertiary/aromatic N) is 3. The Morgan fingerprint density at radius 2 is 2.00 bits per heavy atom. The van der Waals surface area contributed by atoms with Crippen LogP contribution in [0.5, 0.6) is 0 Å². The summed E-state index contributed by atoms with van der Waals surface area (Å²) in [6.45, 7) is 0. The predicted octanol–water partition coefficient (Wildman–Crippen LogP) is 2.14. The van der Waals surface area contributed by atoms with Crippen LogP contribution < -0.4 is 10.6 Å². The summed E-state index contributed by atoms with van der Waals surface area (Å²) in [5.74, 6) is -0.399. The Hall–Kier alpha value is -2.49. The van der Waals surface area contributed by atoms with E-state index in [1.54, 1.807) is 37.3 Å². The van der Waals surface area contributed by atoms with E-state index in [4.69, 9.17) is 0 Å². The van der Waals surface area contributed by atoms with E-state index in [9.17, 15) is 14.0 Å². The van der Waals surface area contributed by atoms with Gasteiger partial charge in [-0.3, -0.25) is 25.3 Å². The molecule has 9 heteroatoms. The maximum absolute atomic E-state index is 13.8. The van der Waals surface area contributed by atoms with Crippen LogP contribution in [-0.2, 0) is 10.5 Å². The lowest BCUT2D eigenvalue weighted by molar-refractivity contribution is -0.140. The predicted molar refractivity (Wildman–Crippen MR) is 108 cm³/mol. The second-order valence-corrected chi connectivity index (χ2v) is 8.31. The minimum atomic E-state index is -0.493. The highest BCUT2D eigenvalue weighted by molar-refractivity contribution is 7.99. The van der Waals surface area contributed by atoms with Gasteiger partial charge in [0.15, 0.2) is 0 Å². The normalized spacial score (nSPS) is 27.1. The van der Waals surface area contributed by atoms with E-state index in [0.29, 0.717) is 11.3 Å². The highest BCUT2D eigenvalue weighted by Crippen LogP contribution is 2.35. The van der Waals surface area contributed by atoms with Crippen molar-refractivity contribution < 1.29 is 14.0 Å². The first kappa shape index (κ1) is 19.8. The molecule has 7 nitrogen and oxygen atoms in total. The molecule has 0 saturated carbocycles. The molecule has 0 radical (unpaired) electrons. The minimum absolute atomic E-state index is 0.237. The van der Waals surface area contributed by atoms with Gasteiger partial charge in [0.2, 0.25) is 5.91 Å². The second kappa shape index (κ2) is 8.10. The van der Waals surface area contributed by atoms with Crippen molar-refractivity contribution in [2.24, 2.45) is 5.92 Å². The van der Waals surface area contributed by atoms with E-state index in [2.05, 4.69) is 15.6 Å². The second-order valence-electron chi connectivity index (χ2n) is 7.18. The summed E-state index contributed by atoms with van der Waals surface area (Å²) in [4.78, 5) is 32.2. The monoisotopic (exact) mass is 415 g/mol. The molecule has 0 spiro atoms. The van der Waals surface area contributed by atoms with Crippen LogP contribution in [-0.4, -0.2) is 52.4 Å². The van der Waals surface area contributed by atoms with Crippen molar-refractivity contribution >= 4 is 23.7 Å². The number of carbonyl (C=O) groups is 2. The number of pyridine rings is 1. The molecule has 4 rings (SSSR count). The maximum Gasteiger partial charge on any atom is 0.327 e. The Balaban J connectivity index is 1.63. The molecule has 2 aliphatic rings. The summed E-state index contributed by atoms with van der Waals surface area (Å²) in [7, 11) is 3.17. The first-order valence-electron chi connectivity index (χ1n) is 9.28. The van der Waals surface area contributed by atoms with Crippen molar-refractivity contribution in [1.29, 1.82) is 0 Å². The lowest BCUT2D eigenvalue weighted by Crippen LogP contribution is -2.72. The number of aromatic nitrogens is 1. The number of thioether (sulfide) groups is 1. The van der Waals surface area contributed by atoms with Crippen LogP contribution in [0.2, 0.25) is 0 Å². The summed E-state index contributed by atoms with van der Waals surface area (Å²) < 4.78 is 13.8. The van der Waals surface area contributed by atoms with Crippen LogP contribution in [0.1, 0.15) is 17.3 Å². The molecule has 2 fully saturated rings. The van der Waals surface area contributed by atoms with Crippen LogP contribution in [0, 0.1) is 11.7 Å². The van der Waals surface area contributed by atoms with Crippen LogP contribution in [0.3, 0.4) is 0 Å². The molecule has 152 valence electrons. The van der Waals surface area contributed by atoms with E-state index in [-0.39, 0.29) is 23.1 Å². The molecular formula is C20H22FN5O2S. The SMILES string of the molecule is CN1C(=O)C2C(SCc3cccnc3)NC(c3cccc(F)c3)NC2N(C)C1=O. The topological polar surface area (TPSA) is 77.6 Å². The van der Waals surface area contributed by atoms with Gasteiger partial charge >= 0.3 is 6.03 Å². The molecule has 1 aromatic carbocycles. The van der Waals surface area contributed by atoms with Gasteiger partial charge in [-0.25, -0.2) is 9.18 Å². The quantitative estimate of drug-likeness (QED) is 0.797. The molecule has 3 amide bonds. The number of imide groups is 1. The van der Waals surface area contributed by atoms with Gasteiger partial charge in [-0.15, -0.1) is 11.8 Å². The van der Waals surface area contributed by atoms with Crippen LogP contribution in [0.25, 0.3) is 0 Å². The molecule has 29 heavy (non-hydrogen) atoms. The molecule has 0 bridgehead atoms. The van der Waals surface area contributed by atoms with E-state index < -0.39 is 18.2 Å². The standard InChI is InChI=1S/C20H22FN5O2S/c1-25-17-15(19(27)26(2)20(25)28)18(29-11-12-5-4-8-22-10-12)24-16(23-17)13-6-3-7-14(21)9-13/h3-10,15-18,23-24H,11H2,1-2H3. The number of nitrogens with one attached hydrogen (secondary N) is 2. The average Bonchev–Trinajstić information content (AvgIpc) is 2.74. The third-order valence-corrected chi connectivity index (χ3v) is 6.58. The minimum Gasteiger partial charge on any atom is -0.311 e. The Labute approximate surface area is 172 Å². The van der Waals surface area contributed by atoms with Gasteiger partial charge in [-0.2, -0.15) is 0 Å². The number of amides is 3. The lowest BCUT2D eigenvalue weighted by atomic mass is 9.96. The molecule has 2 aliphatic heterocycles. The Morgan fingerprint density at radius 3 is 2.72 bits per heavy atom. The summed E-state index contributed by atoms with van der Waals surface area (Å²) in [5.41, 5.74) is 1.75. The zero-order chi connectivity index (χ0) is 20.5. The number of hydrogen-bond acceptors (Lipinski definition) is 6. The molecule has 3 heterocycles. The number of rotatable bonds is 4. The average molecular weight is 415 g/mol. The lowest BCUT2D eigenvalue weighted by Gasteiger charge is -2.50. The smallest absolute Gasteiger partial charge is 0.311 e. The molecule has 4 atom stereocenters. The largest absolute Gasteiger partial charge is 0.327 e.